The van der Waals surface area contributed by atoms with E-state index in [1.54, 1.807) is 0 Å². The lowest BCUT2D eigenvalue weighted by molar-refractivity contribution is -0.302. The summed E-state index contributed by atoms with van der Waals surface area (Å²) in [6.45, 7) is 3.73. The quantitative estimate of drug-likeness (QED) is 0.0394. The molecule has 7 unspecified atom stereocenters. The first kappa shape index (κ1) is 43.0. The highest BCUT2D eigenvalue weighted by atomic mass is 16.7. The van der Waals surface area contributed by atoms with Crippen LogP contribution in [0.5, 0.6) is 0 Å². The van der Waals surface area contributed by atoms with Crippen molar-refractivity contribution in [1.82, 2.24) is 5.32 Å². The molecule has 272 valence electrons. The lowest BCUT2D eigenvalue weighted by Gasteiger charge is -2.40. The minimum atomic E-state index is -1.55. The van der Waals surface area contributed by atoms with Gasteiger partial charge in [0.1, 0.15) is 24.4 Å². The first-order valence-corrected chi connectivity index (χ1v) is 18.9. The number of ether oxygens (including phenoxy) is 2. The van der Waals surface area contributed by atoms with Gasteiger partial charge in [-0.2, -0.15) is 0 Å². The number of nitrogens with one attached hydrogen (secondary N) is 1. The van der Waals surface area contributed by atoms with E-state index >= 15 is 0 Å². The van der Waals surface area contributed by atoms with Crippen molar-refractivity contribution in [2.75, 3.05) is 13.2 Å². The first-order valence-electron chi connectivity index (χ1n) is 18.9. The molecular formula is C37H71NO8. The Labute approximate surface area is 280 Å². The van der Waals surface area contributed by atoms with Crippen LogP contribution in [-0.4, -0.2) is 87.5 Å². The smallest absolute Gasteiger partial charge is 0.220 e. The van der Waals surface area contributed by atoms with Crippen molar-refractivity contribution >= 4 is 5.91 Å². The minimum absolute atomic E-state index is 0.139. The van der Waals surface area contributed by atoms with E-state index in [0.717, 1.165) is 64.2 Å². The van der Waals surface area contributed by atoms with E-state index in [9.17, 15) is 30.3 Å². The van der Waals surface area contributed by atoms with E-state index in [1.165, 1.54) is 70.6 Å². The fourth-order valence-corrected chi connectivity index (χ4v) is 5.98. The summed E-state index contributed by atoms with van der Waals surface area (Å²) in [5.41, 5.74) is 0. The number of hydrogen-bond donors (Lipinski definition) is 6. The Kier molecular flexibility index (Phi) is 27.0. The molecule has 0 aromatic carbocycles. The van der Waals surface area contributed by atoms with E-state index in [0.29, 0.717) is 12.8 Å². The molecule has 7 atom stereocenters. The number of allylic oxidation sites excluding steroid dienone is 2. The maximum atomic E-state index is 12.8. The van der Waals surface area contributed by atoms with Gasteiger partial charge in [0.15, 0.2) is 6.29 Å². The molecule has 46 heavy (non-hydrogen) atoms. The summed E-state index contributed by atoms with van der Waals surface area (Å²) in [4.78, 5) is 12.8. The maximum absolute atomic E-state index is 12.8. The van der Waals surface area contributed by atoms with Crippen LogP contribution in [0.25, 0.3) is 0 Å². The van der Waals surface area contributed by atoms with Gasteiger partial charge in [0.25, 0.3) is 0 Å². The van der Waals surface area contributed by atoms with Gasteiger partial charge in [-0.05, 0) is 32.1 Å². The molecule has 6 N–H and O–H groups in total. The van der Waals surface area contributed by atoms with E-state index in [4.69, 9.17) is 9.47 Å². The van der Waals surface area contributed by atoms with E-state index in [1.807, 2.05) is 0 Å². The Morgan fingerprint density at radius 3 is 1.85 bits per heavy atom. The van der Waals surface area contributed by atoms with Crippen LogP contribution in [-0.2, 0) is 14.3 Å². The minimum Gasteiger partial charge on any atom is -0.394 e. The van der Waals surface area contributed by atoms with Crippen LogP contribution in [0.3, 0.4) is 0 Å². The maximum Gasteiger partial charge on any atom is 0.220 e. The summed E-state index contributed by atoms with van der Waals surface area (Å²) in [5, 5.41) is 53.9. The molecule has 0 radical (unpaired) electrons. The molecular weight excluding hydrogens is 586 g/mol. The van der Waals surface area contributed by atoms with Crippen molar-refractivity contribution in [3.05, 3.63) is 12.2 Å². The van der Waals surface area contributed by atoms with Crippen LogP contribution in [0, 0.1) is 0 Å². The molecule has 1 heterocycles. The molecule has 1 saturated heterocycles. The van der Waals surface area contributed by atoms with Crippen LogP contribution in [0.2, 0.25) is 0 Å². The predicted octanol–water partition coefficient (Wildman–Crippen LogP) is 6.22. The second-order valence-electron chi connectivity index (χ2n) is 13.4. The number of carbonyl (C=O) groups is 1. The molecule has 1 fully saturated rings. The summed E-state index contributed by atoms with van der Waals surface area (Å²) < 4.78 is 11.2. The summed E-state index contributed by atoms with van der Waals surface area (Å²) in [7, 11) is 0. The number of hydrogen-bond acceptors (Lipinski definition) is 8. The number of aliphatic hydroxyl groups is 5. The van der Waals surface area contributed by atoms with E-state index in [2.05, 4.69) is 31.3 Å². The van der Waals surface area contributed by atoms with Crippen molar-refractivity contribution < 1.29 is 39.8 Å². The number of rotatable bonds is 30. The lowest BCUT2D eigenvalue weighted by Crippen LogP contribution is -2.60. The average molecular weight is 658 g/mol. The third-order valence-corrected chi connectivity index (χ3v) is 9.10. The summed E-state index contributed by atoms with van der Waals surface area (Å²) in [5.74, 6) is -0.158. The van der Waals surface area contributed by atoms with Crippen molar-refractivity contribution in [2.24, 2.45) is 0 Å². The van der Waals surface area contributed by atoms with Crippen molar-refractivity contribution in [3.8, 4) is 0 Å². The zero-order valence-corrected chi connectivity index (χ0v) is 29.3. The fourth-order valence-electron chi connectivity index (χ4n) is 5.98. The molecule has 0 saturated carbocycles. The van der Waals surface area contributed by atoms with Crippen LogP contribution in [0.4, 0.5) is 0 Å². The van der Waals surface area contributed by atoms with E-state index in [-0.39, 0.29) is 12.5 Å². The van der Waals surface area contributed by atoms with Crippen LogP contribution >= 0.6 is 0 Å². The molecule has 1 aliphatic rings. The first-order chi connectivity index (χ1) is 22.3. The predicted molar refractivity (Wildman–Crippen MR) is 184 cm³/mol. The topological polar surface area (TPSA) is 149 Å². The highest BCUT2D eigenvalue weighted by molar-refractivity contribution is 5.76. The van der Waals surface area contributed by atoms with E-state index < -0.39 is 49.5 Å². The number of aliphatic hydroxyl groups excluding tert-OH is 5. The van der Waals surface area contributed by atoms with Crippen LogP contribution in [0.1, 0.15) is 162 Å². The largest absolute Gasteiger partial charge is 0.394 e. The Bertz CT molecular complexity index is 736. The van der Waals surface area contributed by atoms with Gasteiger partial charge in [0, 0.05) is 6.42 Å². The second-order valence-corrected chi connectivity index (χ2v) is 13.4. The molecule has 0 spiro atoms. The van der Waals surface area contributed by atoms with Crippen molar-refractivity contribution in [2.45, 2.75) is 204 Å². The van der Waals surface area contributed by atoms with Gasteiger partial charge in [0.2, 0.25) is 5.91 Å². The molecule has 9 nitrogen and oxygen atoms in total. The SMILES string of the molecule is CCC/C=C\CCCCCCCC(=O)NC(COC1OC(CO)C(O)C(O)C1O)C(O)CCCCCCCCCCCCCCC. The van der Waals surface area contributed by atoms with Gasteiger partial charge in [-0.3, -0.25) is 4.79 Å². The standard InChI is InChI=1S/C37H71NO8/c1-3-5-7-9-11-13-15-16-17-18-20-22-24-26-31(40)30(29-45-37-36(44)35(43)34(42)32(28-39)46-37)38-33(41)27-25-23-21-19-14-12-10-8-6-4-2/h8,10,30-32,34-37,39-40,42-44H,3-7,9,11-29H2,1-2H3,(H,38,41)/b10-8-. The molecule has 0 aromatic rings. The number of unbranched alkanes of at least 4 members (excludes halogenated alkanes) is 18. The summed E-state index contributed by atoms with van der Waals surface area (Å²) in [6, 6.07) is -0.716. The lowest BCUT2D eigenvalue weighted by atomic mass is 9.99. The molecule has 0 aliphatic carbocycles. The Morgan fingerprint density at radius 1 is 0.717 bits per heavy atom. The van der Waals surface area contributed by atoms with Gasteiger partial charge < -0.3 is 40.3 Å². The van der Waals surface area contributed by atoms with Gasteiger partial charge in [0.05, 0.1) is 25.4 Å². The van der Waals surface area contributed by atoms with Gasteiger partial charge in [-0.1, -0.05) is 135 Å². The Hall–Kier alpha value is -1.07. The van der Waals surface area contributed by atoms with Crippen molar-refractivity contribution in [3.63, 3.8) is 0 Å². The molecule has 1 rings (SSSR count). The molecule has 1 aliphatic heterocycles. The zero-order chi connectivity index (χ0) is 33.8. The third kappa shape index (κ3) is 20.3. The van der Waals surface area contributed by atoms with Crippen LogP contribution in [0.15, 0.2) is 12.2 Å². The second kappa shape index (κ2) is 28.9. The number of amides is 1. The zero-order valence-electron chi connectivity index (χ0n) is 29.3. The summed E-state index contributed by atoms with van der Waals surface area (Å²) >= 11 is 0. The van der Waals surface area contributed by atoms with Gasteiger partial charge >= 0.3 is 0 Å². The van der Waals surface area contributed by atoms with Gasteiger partial charge in [-0.15, -0.1) is 0 Å². The molecule has 0 bridgehead atoms. The molecule has 0 aromatic heterocycles. The fraction of sp³-hybridized carbons (Fsp3) is 0.919. The van der Waals surface area contributed by atoms with Crippen LogP contribution < -0.4 is 5.32 Å². The molecule has 9 heteroatoms. The Balaban J connectivity index is 2.44. The normalized spacial score (nSPS) is 23.2. The van der Waals surface area contributed by atoms with Gasteiger partial charge in [-0.25, -0.2) is 0 Å². The van der Waals surface area contributed by atoms with Crippen molar-refractivity contribution in [1.29, 1.82) is 0 Å². The summed E-state index contributed by atoms with van der Waals surface area (Å²) in [6.07, 6.45) is 22.2. The molecule has 1 amide bonds. The third-order valence-electron chi connectivity index (χ3n) is 9.10. The monoisotopic (exact) mass is 658 g/mol. The number of carbonyl (C=O) groups excluding carboxylic acids is 1. The average Bonchev–Trinajstić information content (AvgIpc) is 3.05. The Morgan fingerprint density at radius 2 is 1.26 bits per heavy atom. The highest BCUT2D eigenvalue weighted by Crippen LogP contribution is 2.23. The highest BCUT2D eigenvalue weighted by Gasteiger charge is 2.44.